The van der Waals surface area contributed by atoms with Gasteiger partial charge in [-0.15, -0.1) is 0 Å². The van der Waals surface area contributed by atoms with Gasteiger partial charge in [-0.3, -0.25) is 4.79 Å². The fourth-order valence-electron chi connectivity index (χ4n) is 1.30. The lowest BCUT2D eigenvalue weighted by Crippen LogP contribution is -2.43. The first-order chi connectivity index (χ1) is 7.52. The molecule has 1 unspecified atom stereocenters. The van der Waals surface area contributed by atoms with Crippen molar-refractivity contribution in [3.05, 3.63) is 29.8 Å². The van der Waals surface area contributed by atoms with Crippen LogP contribution in [-0.2, 0) is 11.3 Å². The maximum absolute atomic E-state index is 11.6. The third kappa shape index (κ3) is 3.24. The Morgan fingerprint density at radius 1 is 1.38 bits per heavy atom. The van der Waals surface area contributed by atoms with Crippen LogP contribution in [0.2, 0.25) is 0 Å². The highest BCUT2D eigenvalue weighted by molar-refractivity contribution is 5.81. The van der Waals surface area contributed by atoms with Crippen molar-refractivity contribution in [1.82, 2.24) is 5.32 Å². The number of hydrogen-bond acceptors (Lipinski definition) is 3. The molecule has 0 aliphatic heterocycles. The molecule has 0 aromatic heterocycles. The third-order valence-electron chi connectivity index (χ3n) is 2.53. The van der Waals surface area contributed by atoms with Crippen LogP contribution in [0.15, 0.2) is 24.3 Å². The molecule has 0 saturated carbocycles. The predicted molar refractivity (Wildman–Crippen MR) is 65.5 cm³/mol. The summed E-state index contributed by atoms with van der Waals surface area (Å²) in [6.07, 6.45) is 0. The molecule has 4 heteroatoms. The number of carbonyl (C=O) groups is 1. The second-order valence-electron chi connectivity index (χ2n) is 4.19. The Balaban J connectivity index is 2.52. The summed E-state index contributed by atoms with van der Waals surface area (Å²) >= 11 is 0. The highest BCUT2D eigenvalue weighted by Gasteiger charge is 2.16. The van der Waals surface area contributed by atoms with Crippen molar-refractivity contribution in [1.29, 1.82) is 0 Å². The van der Waals surface area contributed by atoms with Gasteiger partial charge < -0.3 is 16.8 Å². The second kappa shape index (κ2) is 5.51. The van der Waals surface area contributed by atoms with Crippen molar-refractivity contribution < 1.29 is 4.79 Å². The number of carbonyl (C=O) groups excluding carboxylic acids is 1. The molecule has 1 atom stereocenters. The molecule has 0 aliphatic carbocycles. The summed E-state index contributed by atoms with van der Waals surface area (Å²) in [7, 11) is 0. The number of anilines is 1. The molecule has 1 amide bonds. The number of amides is 1. The lowest BCUT2D eigenvalue weighted by molar-refractivity contribution is -0.123. The van der Waals surface area contributed by atoms with Gasteiger partial charge in [0.05, 0.1) is 6.04 Å². The smallest absolute Gasteiger partial charge is 0.237 e. The van der Waals surface area contributed by atoms with Crippen LogP contribution in [-0.4, -0.2) is 11.9 Å². The first-order valence-electron chi connectivity index (χ1n) is 5.39. The molecule has 4 nitrogen and oxygen atoms in total. The molecule has 0 spiro atoms. The highest BCUT2D eigenvalue weighted by atomic mass is 16.2. The van der Waals surface area contributed by atoms with Gasteiger partial charge in [-0.05, 0) is 17.5 Å². The number of nitrogen functional groups attached to an aromatic ring is 1. The first-order valence-corrected chi connectivity index (χ1v) is 5.39. The third-order valence-corrected chi connectivity index (χ3v) is 2.53. The van der Waals surface area contributed by atoms with Gasteiger partial charge in [0.15, 0.2) is 0 Å². The molecular weight excluding hydrogens is 202 g/mol. The van der Waals surface area contributed by atoms with Gasteiger partial charge in [0.25, 0.3) is 0 Å². The maximum Gasteiger partial charge on any atom is 0.237 e. The molecule has 0 fully saturated rings. The van der Waals surface area contributed by atoms with E-state index in [1.165, 1.54) is 0 Å². The van der Waals surface area contributed by atoms with Crippen molar-refractivity contribution in [2.45, 2.75) is 26.4 Å². The largest absolute Gasteiger partial charge is 0.398 e. The van der Waals surface area contributed by atoms with E-state index < -0.39 is 6.04 Å². The molecule has 0 heterocycles. The van der Waals surface area contributed by atoms with Crippen LogP contribution in [0.25, 0.3) is 0 Å². The number of nitrogens with two attached hydrogens (primary N) is 2. The van der Waals surface area contributed by atoms with E-state index >= 15 is 0 Å². The minimum absolute atomic E-state index is 0.133. The van der Waals surface area contributed by atoms with Gasteiger partial charge in [-0.1, -0.05) is 32.0 Å². The summed E-state index contributed by atoms with van der Waals surface area (Å²) in [4.78, 5) is 11.6. The second-order valence-corrected chi connectivity index (χ2v) is 4.19. The Morgan fingerprint density at radius 3 is 2.56 bits per heavy atom. The molecule has 1 rings (SSSR count). The van der Waals surface area contributed by atoms with E-state index in [9.17, 15) is 4.79 Å². The molecule has 0 bridgehead atoms. The fourth-order valence-corrected chi connectivity index (χ4v) is 1.30. The van der Waals surface area contributed by atoms with Crippen LogP contribution < -0.4 is 16.8 Å². The van der Waals surface area contributed by atoms with Crippen molar-refractivity contribution in [2.24, 2.45) is 11.7 Å². The summed E-state index contributed by atoms with van der Waals surface area (Å²) in [6.45, 7) is 4.26. The van der Waals surface area contributed by atoms with E-state index in [1.54, 1.807) is 0 Å². The quantitative estimate of drug-likeness (QED) is 0.660. The number of rotatable bonds is 4. The van der Waals surface area contributed by atoms with Gasteiger partial charge in [-0.25, -0.2) is 0 Å². The lowest BCUT2D eigenvalue weighted by atomic mass is 10.0. The van der Waals surface area contributed by atoms with Gasteiger partial charge in [0.1, 0.15) is 0 Å². The zero-order chi connectivity index (χ0) is 12.1. The summed E-state index contributed by atoms with van der Waals surface area (Å²) < 4.78 is 0. The topological polar surface area (TPSA) is 81.1 Å². The predicted octanol–water partition coefficient (Wildman–Crippen LogP) is 0.868. The molecule has 1 aromatic carbocycles. The Bertz CT molecular complexity index is 363. The highest BCUT2D eigenvalue weighted by Crippen LogP contribution is 2.09. The van der Waals surface area contributed by atoms with Crippen LogP contribution in [0.5, 0.6) is 0 Å². The van der Waals surface area contributed by atoms with Crippen LogP contribution >= 0.6 is 0 Å². The van der Waals surface area contributed by atoms with E-state index in [0.29, 0.717) is 12.2 Å². The minimum Gasteiger partial charge on any atom is -0.398 e. The summed E-state index contributed by atoms with van der Waals surface area (Å²) in [5, 5.41) is 2.78. The number of para-hydroxylation sites is 1. The molecule has 0 aliphatic rings. The lowest BCUT2D eigenvalue weighted by Gasteiger charge is -2.15. The van der Waals surface area contributed by atoms with E-state index in [1.807, 2.05) is 38.1 Å². The summed E-state index contributed by atoms with van der Waals surface area (Å²) in [6, 6.07) is 6.98. The van der Waals surface area contributed by atoms with Gasteiger partial charge in [0, 0.05) is 12.2 Å². The molecule has 0 saturated heterocycles. The van der Waals surface area contributed by atoms with E-state index in [2.05, 4.69) is 5.32 Å². The molecule has 1 aromatic rings. The minimum atomic E-state index is -0.468. The van der Waals surface area contributed by atoms with E-state index in [-0.39, 0.29) is 11.8 Å². The number of nitrogens with one attached hydrogen (secondary N) is 1. The van der Waals surface area contributed by atoms with E-state index in [4.69, 9.17) is 11.5 Å². The fraction of sp³-hybridized carbons (Fsp3) is 0.417. The zero-order valence-corrected chi connectivity index (χ0v) is 9.73. The van der Waals surface area contributed by atoms with E-state index in [0.717, 1.165) is 5.56 Å². The molecule has 0 radical (unpaired) electrons. The van der Waals surface area contributed by atoms with Crippen LogP contribution in [0.3, 0.4) is 0 Å². The average molecular weight is 221 g/mol. The Hall–Kier alpha value is -1.55. The average Bonchev–Trinajstić information content (AvgIpc) is 2.26. The Labute approximate surface area is 96.0 Å². The van der Waals surface area contributed by atoms with Crippen molar-refractivity contribution in [3.8, 4) is 0 Å². The normalized spacial score (nSPS) is 12.5. The van der Waals surface area contributed by atoms with Gasteiger partial charge in [0.2, 0.25) is 5.91 Å². The van der Waals surface area contributed by atoms with Crippen LogP contribution in [0.1, 0.15) is 19.4 Å². The monoisotopic (exact) mass is 221 g/mol. The summed E-state index contributed by atoms with van der Waals surface area (Å²) in [5.41, 5.74) is 13.1. The Morgan fingerprint density at radius 2 is 2.00 bits per heavy atom. The molecule has 16 heavy (non-hydrogen) atoms. The maximum atomic E-state index is 11.6. The van der Waals surface area contributed by atoms with Crippen LogP contribution in [0.4, 0.5) is 5.69 Å². The van der Waals surface area contributed by atoms with Crippen molar-refractivity contribution >= 4 is 11.6 Å². The number of benzene rings is 1. The summed E-state index contributed by atoms with van der Waals surface area (Å²) in [5.74, 6) is -0.00799. The number of hydrogen-bond donors (Lipinski definition) is 3. The van der Waals surface area contributed by atoms with Gasteiger partial charge in [-0.2, -0.15) is 0 Å². The SMILES string of the molecule is CC(C)C(N)C(=O)NCc1ccccc1N. The Kier molecular flexibility index (Phi) is 4.31. The first kappa shape index (κ1) is 12.5. The van der Waals surface area contributed by atoms with Crippen LogP contribution in [0, 0.1) is 5.92 Å². The van der Waals surface area contributed by atoms with Gasteiger partial charge >= 0.3 is 0 Å². The standard InChI is InChI=1S/C12H19N3O/c1-8(2)11(14)12(16)15-7-9-5-3-4-6-10(9)13/h3-6,8,11H,7,13-14H2,1-2H3,(H,15,16). The molecule has 5 N–H and O–H groups in total. The van der Waals surface area contributed by atoms with Crippen molar-refractivity contribution in [3.63, 3.8) is 0 Å². The molecular formula is C12H19N3O. The van der Waals surface area contributed by atoms with Crippen molar-refractivity contribution in [2.75, 3.05) is 5.73 Å². The molecule has 88 valence electrons. The zero-order valence-electron chi connectivity index (χ0n) is 9.73.